The van der Waals surface area contributed by atoms with Crippen LogP contribution in [0.2, 0.25) is 0 Å². The maximum Gasteiger partial charge on any atom is 0.276 e. The van der Waals surface area contributed by atoms with Crippen LogP contribution in [0, 0.1) is 18.7 Å². The van der Waals surface area contributed by atoms with Crippen molar-refractivity contribution in [3.05, 3.63) is 71.3 Å². The van der Waals surface area contributed by atoms with Crippen molar-refractivity contribution < 1.29 is 19.1 Å². The monoisotopic (exact) mass is 422 g/mol. The Hall–Kier alpha value is -3.68. The smallest absolute Gasteiger partial charge is 0.276 e. The van der Waals surface area contributed by atoms with Crippen LogP contribution in [0.25, 0.3) is 5.69 Å². The van der Waals surface area contributed by atoms with Gasteiger partial charge in [-0.15, -0.1) is 0 Å². The second-order valence-electron chi connectivity index (χ2n) is 7.82. The van der Waals surface area contributed by atoms with E-state index in [0.29, 0.717) is 16.9 Å². The first kappa shape index (κ1) is 20.6. The molecule has 0 saturated heterocycles. The van der Waals surface area contributed by atoms with E-state index in [2.05, 4.69) is 15.7 Å². The molecule has 0 unspecified atom stereocenters. The molecule has 7 nitrogen and oxygen atoms in total. The van der Waals surface area contributed by atoms with Crippen molar-refractivity contribution in [2.24, 2.45) is 5.92 Å². The summed E-state index contributed by atoms with van der Waals surface area (Å²) in [6, 6.07) is 11.1. The summed E-state index contributed by atoms with van der Waals surface area (Å²) in [6.45, 7) is 3.53. The number of amides is 2. The third-order valence-electron chi connectivity index (χ3n) is 5.29. The Morgan fingerprint density at radius 1 is 1.19 bits per heavy atom. The molecule has 3 aromatic rings. The lowest BCUT2D eigenvalue weighted by Crippen LogP contribution is -2.27. The van der Waals surface area contributed by atoms with Crippen LogP contribution in [-0.4, -0.2) is 26.7 Å². The Morgan fingerprint density at radius 3 is 2.55 bits per heavy atom. The molecule has 1 fully saturated rings. The molecular weight excluding hydrogens is 399 g/mol. The summed E-state index contributed by atoms with van der Waals surface area (Å²) >= 11 is 0. The maximum absolute atomic E-state index is 13.3. The highest BCUT2D eigenvalue weighted by atomic mass is 19.1. The van der Waals surface area contributed by atoms with Gasteiger partial charge in [-0.1, -0.05) is 12.1 Å². The van der Waals surface area contributed by atoms with Crippen LogP contribution in [0.15, 0.2) is 48.7 Å². The molecule has 2 aromatic carbocycles. The molecule has 8 heteroatoms. The minimum absolute atomic E-state index is 0.0385. The number of carbonyl (C=O) groups excluding carboxylic acids is 2. The summed E-state index contributed by atoms with van der Waals surface area (Å²) in [7, 11) is 0. The van der Waals surface area contributed by atoms with Gasteiger partial charge in [0.1, 0.15) is 5.82 Å². The third-order valence-corrected chi connectivity index (χ3v) is 5.29. The molecule has 0 radical (unpaired) electrons. The molecule has 1 aromatic heterocycles. The van der Waals surface area contributed by atoms with Gasteiger partial charge in [-0.3, -0.25) is 9.59 Å². The lowest BCUT2D eigenvalue weighted by molar-refractivity contribution is -0.117. The molecule has 0 bridgehead atoms. The Bertz CT molecular complexity index is 1140. The van der Waals surface area contributed by atoms with Gasteiger partial charge in [0.05, 0.1) is 17.9 Å². The van der Waals surface area contributed by atoms with E-state index >= 15 is 0 Å². The fraction of sp³-hybridized carbons (Fsp3) is 0.261. The number of carbonyl (C=O) groups is 2. The average molecular weight is 422 g/mol. The minimum atomic E-state index is -0.533. The number of aromatic hydroxyl groups is 1. The first-order valence-corrected chi connectivity index (χ1v) is 10.1. The Kier molecular flexibility index (Phi) is 5.46. The van der Waals surface area contributed by atoms with E-state index in [9.17, 15) is 19.1 Å². The second-order valence-corrected chi connectivity index (χ2v) is 7.82. The number of hydrogen-bond acceptors (Lipinski definition) is 4. The van der Waals surface area contributed by atoms with Crippen molar-refractivity contribution in [1.29, 1.82) is 0 Å². The minimum Gasteiger partial charge on any atom is -0.504 e. The number of aromatic nitrogens is 2. The number of anilines is 1. The van der Waals surface area contributed by atoms with E-state index in [0.717, 1.165) is 18.4 Å². The van der Waals surface area contributed by atoms with E-state index in [1.807, 2.05) is 19.1 Å². The van der Waals surface area contributed by atoms with Crippen LogP contribution in [0.1, 0.15) is 47.4 Å². The molecule has 1 atom stereocenters. The summed E-state index contributed by atoms with van der Waals surface area (Å²) in [4.78, 5) is 24.5. The molecule has 1 heterocycles. The van der Waals surface area contributed by atoms with Crippen LogP contribution in [-0.2, 0) is 4.79 Å². The van der Waals surface area contributed by atoms with Crippen molar-refractivity contribution in [1.82, 2.24) is 15.1 Å². The largest absolute Gasteiger partial charge is 0.504 e. The fourth-order valence-corrected chi connectivity index (χ4v) is 3.32. The average Bonchev–Trinajstić information content (AvgIpc) is 3.51. The number of aryl methyl sites for hydroxylation is 1. The van der Waals surface area contributed by atoms with Gasteiger partial charge in [-0.05, 0) is 68.1 Å². The van der Waals surface area contributed by atoms with Gasteiger partial charge in [-0.25, -0.2) is 9.07 Å². The molecule has 31 heavy (non-hydrogen) atoms. The number of halogens is 1. The van der Waals surface area contributed by atoms with E-state index < -0.39 is 5.91 Å². The molecule has 1 aliphatic carbocycles. The molecule has 1 aliphatic rings. The van der Waals surface area contributed by atoms with Crippen LogP contribution in [0.3, 0.4) is 0 Å². The number of nitrogens with zero attached hydrogens (tertiary/aromatic N) is 2. The highest BCUT2D eigenvalue weighted by molar-refractivity contribution is 5.95. The van der Waals surface area contributed by atoms with E-state index in [1.165, 1.54) is 29.1 Å². The van der Waals surface area contributed by atoms with Crippen molar-refractivity contribution >= 4 is 17.5 Å². The van der Waals surface area contributed by atoms with Gasteiger partial charge >= 0.3 is 0 Å². The summed E-state index contributed by atoms with van der Waals surface area (Å²) in [6.07, 6.45) is 3.20. The highest BCUT2D eigenvalue weighted by Crippen LogP contribution is 2.30. The van der Waals surface area contributed by atoms with Gasteiger partial charge in [0.25, 0.3) is 5.91 Å². The first-order valence-electron chi connectivity index (χ1n) is 10.1. The van der Waals surface area contributed by atoms with Gasteiger partial charge < -0.3 is 15.7 Å². The zero-order valence-corrected chi connectivity index (χ0v) is 17.2. The zero-order chi connectivity index (χ0) is 22.1. The summed E-state index contributed by atoms with van der Waals surface area (Å²) < 4.78 is 14.7. The number of rotatable bonds is 6. The van der Waals surface area contributed by atoms with E-state index in [4.69, 9.17) is 0 Å². The Morgan fingerprint density at radius 2 is 1.90 bits per heavy atom. The lowest BCUT2D eigenvalue weighted by Gasteiger charge is -2.14. The predicted octanol–water partition coefficient (Wildman–Crippen LogP) is 3.86. The van der Waals surface area contributed by atoms with Gasteiger partial charge in [0, 0.05) is 11.6 Å². The summed E-state index contributed by atoms with van der Waals surface area (Å²) in [5, 5.41) is 20.1. The SMILES string of the molecule is Cc1cc(F)ccc1-n1cc(O)c(C(=O)N[C@@H](C)c2ccc(NC(=O)C3CC3)cc2)n1. The topological polar surface area (TPSA) is 96.3 Å². The molecule has 0 spiro atoms. The lowest BCUT2D eigenvalue weighted by atomic mass is 10.1. The Balaban J connectivity index is 1.44. The summed E-state index contributed by atoms with van der Waals surface area (Å²) in [5.74, 6) is -1.01. The quantitative estimate of drug-likeness (QED) is 0.562. The van der Waals surface area contributed by atoms with Crippen molar-refractivity contribution in [2.45, 2.75) is 32.7 Å². The molecule has 160 valence electrons. The molecule has 0 aliphatic heterocycles. The molecule has 3 N–H and O–H groups in total. The first-order chi connectivity index (χ1) is 14.8. The number of nitrogens with one attached hydrogen (secondary N) is 2. The third kappa shape index (κ3) is 4.58. The van der Waals surface area contributed by atoms with Gasteiger partial charge in [0.2, 0.25) is 5.91 Å². The fourth-order valence-electron chi connectivity index (χ4n) is 3.32. The number of benzene rings is 2. The molecule has 1 saturated carbocycles. The zero-order valence-electron chi connectivity index (χ0n) is 17.2. The van der Waals surface area contributed by atoms with Crippen LogP contribution in [0.5, 0.6) is 5.75 Å². The highest BCUT2D eigenvalue weighted by Gasteiger charge is 2.29. The van der Waals surface area contributed by atoms with Gasteiger partial charge in [-0.2, -0.15) is 5.10 Å². The maximum atomic E-state index is 13.3. The number of hydrogen-bond donors (Lipinski definition) is 3. The molecule has 4 rings (SSSR count). The normalized spacial score (nSPS) is 14.2. The Labute approximate surface area is 178 Å². The molecular formula is C23H23FN4O3. The predicted molar refractivity (Wildman–Crippen MR) is 114 cm³/mol. The molecule has 2 amide bonds. The van der Waals surface area contributed by atoms with Crippen molar-refractivity contribution in [2.75, 3.05) is 5.32 Å². The standard InChI is InChI=1S/C23H23FN4O3/c1-13-11-17(24)7-10-19(13)28-12-20(29)21(27-28)23(31)25-14(2)15-5-8-18(9-6-15)26-22(30)16-3-4-16/h5-12,14,16,29H,3-4H2,1-2H3,(H,25,31)(H,26,30)/t14-/m0/s1. The second kappa shape index (κ2) is 8.22. The van der Waals surface area contributed by atoms with E-state index in [-0.39, 0.29) is 35.1 Å². The van der Waals surface area contributed by atoms with Gasteiger partial charge in [0.15, 0.2) is 11.4 Å². The van der Waals surface area contributed by atoms with Crippen LogP contribution >= 0.6 is 0 Å². The van der Waals surface area contributed by atoms with E-state index in [1.54, 1.807) is 19.1 Å². The van der Waals surface area contributed by atoms with Crippen LogP contribution in [0.4, 0.5) is 10.1 Å². The van der Waals surface area contributed by atoms with Crippen LogP contribution < -0.4 is 10.6 Å². The van der Waals surface area contributed by atoms with Crippen molar-refractivity contribution in [3.8, 4) is 11.4 Å². The van der Waals surface area contributed by atoms with Crippen molar-refractivity contribution in [3.63, 3.8) is 0 Å². The summed E-state index contributed by atoms with van der Waals surface area (Å²) in [5.41, 5.74) is 2.62.